The van der Waals surface area contributed by atoms with Crippen LogP contribution in [0.25, 0.3) is 0 Å². The SMILES string of the molecule is [O]CCCCc1c(Br)cccc1Br. The lowest BCUT2D eigenvalue weighted by molar-refractivity contribution is 0.187. The van der Waals surface area contributed by atoms with Crippen molar-refractivity contribution in [3.63, 3.8) is 0 Å². The summed E-state index contributed by atoms with van der Waals surface area (Å²) in [6.45, 7) is 0.0298. The van der Waals surface area contributed by atoms with Gasteiger partial charge in [-0.3, -0.25) is 0 Å². The van der Waals surface area contributed by atoms with Gasteiger partial charge in [-0.1, -0.05) is 37.9 Å². The average molecular weight is 307 g/mol. The van der Waals surface area contributed by atoms with Gasteiger partial charge >= 0.3 is 0 Å². The van der Waals surface area contributed by atoms with E-state index in [1.807, 2.05) is 18.2 Å². The van der Waals surface area contributed by atoms with Gasteiger partial charge in [0.1, 0.15) is 0 Å². The maximum atomic E-state index is 10.3. The largest absolute Gasteiger partial charge is 0.237 e. The van der Waals surface area contributed by atoms with E-state index in [0.29, 0.717) is 0 Å². The first-order valence-corrected chi connectivity index (χ1v) is 5.85. The molecular weight excluding hydrogens is 296 g/mol. The predicted molar refractivity (Wildman–Crippen MR) is 60.3 cm³/mol. The van der Waals surface area contributed by atoms with E-state index in [9.17, 15) is 5.11 Å². The van der Waals surface area contributed by atoms with E-state index in [1.54, 1.807) is 0 Å². The Balaban J connectivity index is 2.64. The summed E-state index contributed by atoms with van der Waals surface area (Å²) in [6.07, 6.45) is 2.68. The van der Waals surface area contributed by atoms with E-state index in [0.717, 1.165) is 28.2 Å². The topological polar surface area (TPSA) is 19.9 Å². The second-order valence-corrected chi connectivity index (χ2v) is 4.57. The number of halogens is 2. The van der Waals surface area contributed by atoms with Gasteiger partial charge in [0.05, 0.1) is 6.61 Å². The van der Waals surface area contributed by atoms with E-state index in [-0.39, 0.29) is 6.61 Å². The van der Waals surface area contributed by atoms with E-state index >= 15 is 0 Å². The van der Waals surface area contributed by atoms with Gasteiger partial charge < -0.3 is 0 Å². The molecule has 1 aromatic rings. The van der Waals surface area contributed by atoms with Crippen molar-refractivity contribution in [3.05, 3.63) is 32.7 Å². The molecule has 0 unspecified atom stereocenters. The lowest BCUT2D eigenvalue weighted by Crippen LogP contribution is -1.90. The van der Waals surface area contributed by atoms with Crippen molar-refractivity contribution >= 4 is 31.9 Å². The van der Waals surface area contributed by atoms with Crippen LogP contribution in [0.5, 0.6) is 0 Å². The fraction of sp³-hybridized carbons (Fsp3) is 0.400. The van der Waals surface area contributed by atoms with Crippen molar-refractivity contribution in [1.82, 2.24) is 0 Å². The van der Waals surface area contributed by atoms with Crippen LogP contribution < -0.4 is 0 Å². The van der Waals surface area contributed by atoms with Crippen molar-refractivity contribution in [3.8, 4) is 0 Å². The average Bonchev–Trinajstić information content (AvgIpc) is 2.10. The molecule has 0 N–H and O–H groups in total. The zero-order valence-corrected chi connectivity index (χ0v) is 10.4. The van der Waals surface area contributed by atoms with E-state index in [4.69, 9.17) is 0 Å². The minimum absolute atomic E-state index is 0.0298. The molecule has 0 aromatic heterocycles. The van der Waals surface area contributed by atoms with Crippen LogP contribution in [0.1, 0.15) is 18.4 Å². The van der Waals surface area contributed by atoms with Crippen LogP contribution >= 0.6 is 31.9 Å². The van der Waals surface area contributed by atoms with Crippen LogP contribution in [0.15, 0.2) is 27.1 Å². The zero-order chi connectivity index (χ0) is 9.68. The molecule has 0 saturated heterocycles. The van der Waals surface area contributed by atoms with Gasteiger partial charge in [-0.05, 0) is 37.0 Å². The summed E-state index contributed by atoms with van der Waals surface area (Å²) in [5.74, 6) is 0. The fourth-order valence-corrected chi connectivity index (χ4v) is 2.57. The molecule has 0 bridgehead atoms. The molecule has 1 rings (SSSR count). The monoisotopic (exact) mass is 305 g/mol. The van der Waals surface area contributed by atoms with E-state index in [2.05, 4.69) is 31.9 Å². The van der Waals surface area contributed by atoms with Gasteiger partial charge in [-0.2, -0.15) is 0 Å². The maximum Gasteiger partial charge on any atom is 0.0822 e. The minimum Gasteiger partial charge on any atom is -0.237 e. The smallest absolute Gasteiger partial charge is 0.0822 e. The summed E-state index contributed by atoms with van der Waals surface area (Å²) in [5.41, 5.74) is 1.26. The Morgan fingerprint density at radius 3 is 2.23 bits per heavy atom. The molecule has 1 aromatic carbocycles. The summed E-state index contributed by atoms with van der Waals surface area (Å²) in [4.78, 5) is 0. The Hall–Kier alpha value is 0.140. The molecule has 1 nitrogen and oxygen atoms in total. The number of hydrogen-bond donors (Lipinski definition) is 0. The van der Waals surface area contributed by atoms with Gasteiger partial charge in [0, 0.05) is 8.95 Å². The summed E-state index contributed by atoms with van der Waals surface area (Å²) < 4.78 is 2.24. The highest BCUT2D eigenvalue weighted by Crippen LogP contribution is 2.26. The summed E-state index contributed by atoms with van der Waals surface area (Å²) in [7, 11) is 0. The van der Waals surface area contributed by atoms with Gasteiger partial charge in [-0.15, -0.1) is 0 Å². The van der Waals surface area contributed by atoms with Gasteiger partial charge in [-0.25, -0.2) is 5.11 Å². The molecule has 0 fully saturated rings. The lowest BCUT2D eigenvalue weighted by atomic mass is 10.1. The molecule has 0 saturated carbocycles. The minimum atomic E-state index is 0.0298. The third kappa shape index (κ3) is 3.41. The molecule has 3 heteroatoms. The fourth-order valence-electron chi connectivity index (χ4n) is 1.18. The Morgan fingerprint density at radius 1 is 1.08 bits per heavy atom. The van der Waals surface area contributed by atoms with Gasteiger partial charge in [0.15, 0.2) is 0 Å². The molecule has 13 heavy (non-hydrogen) atoms. The zero-order valence-electron chi connectivity index (χ0n) is 7.22. The first-order valence-electron chi connectivity index (χ1n) is 4.26. The second kappa shape index (κ2) is 5.78. The van der Waals surface area contributed by atoms with Gasteiger partial charge in [0.2, 0.25) is 0 Å². The Morgan fingerprint density at radius 2 is 1.69 bits per heavy atom. The van der Waals surface area contributed by atoms with Crippen LogP contribution in [-0.4, -0.2) is 6.61 Å². The number of benzene rings is 1. The number of rotatable bonds is 4. The molecule has 0 aliphatic heterocycles. The van der Waals surface area contributed by atoms with Crippen LogP contribution in [0.2, 0.25) is 0 Å². The normalized spacial score (nSPS) is 10.4. The van der Waals surface area contributed by atoms with Crippen LogP contribution in [0, 0.1) is 0 Å². The summed E-state index contributed by atoms with van der Waals surface area (Å²) >= 11 is 6.98. The lowest BCUT2D eigenvalue weighted by Gasteiger charge is -2.05. The third-order valence-electron chi connectivity index (χ3n) is 1.88. The van der Waals surface area contributed by atoms with Crippen LogP contribution in [-0.2, 0) is 11.5 Å². The standard InChI is InChI=1S/C10H11Br2O/c11-9-5-3-6-10(12)8(9)4-1-2-7-13/h3,5-6H,1-2,4,7H2. The molecule has 0 heterocycles. The Labute approximate surface area is 95.4 Å². The van der Waals surface area contributed by atoms with Crippen molar-refractivity contribution in [2.45, 2.75) is 19.3 Å². The molecule has 1 radical (unpaired) electrons. The molecule has 0 amide bonds. The van der Waals surface area contributed by atoms with Crippen molar-refractivity contribution in [1.29, 1.82) is 0 Å². The third-order valence-corrected chi connectivity index (χ3v) is 3.37. The molecular formula is C10H11Br2O. The summed E-state index contributed by atoms with van der Waals surface area (Å²) in [6, 6.07) is 6.04. The highest BCUT2D eigenvalue weighted by molar-refractivity contribution is 9.11. The molecule has 0 aliphatic carbocycles. The van der Waals surface area contributed by atoms with Crippen molar-refractivity contribution < 1.29 is 5.11 Å². The molecule has 71 valence electrons. The van der Waals surface area contributed by atoms with Crippen LogP contribution in [0.4, 0.5) is 0 Å². The first-order chi connectivity index (χ1) is 6.25. The van der Waals surface area contributed by atoms with Crippen LogP contribution in [0.3, 0.4) is 0 Å². The van der Waals surface area contributed by atoms with Crippen molar-refractivity contribution in [2.24, 2.45) is 0 Å². The maximum absolute atomic E-state index is 10.3. The molecule has 0 aliphatic rings. The Bertz CT molecular complexity index is 253. The number of hydrogen-bond acceptors (Lipinski definition) is 0. The van der Waals surface area contributed by atoms with E-state index < -0.39 is 0 Å². The predicted octanol–water partition coefficient (Wildman–Crippen LogP) is 3.96. The molecule has 0 spiro atoms. The highest BCUT2D eigenvalue weighted by atomic mass is 79.9. The summed E-state index contributed by atoms with van der Waals surface area (Å²) in [5, 5.41) is 10.3. The second-order valence-electron chi connectivity index (χ2n) is 2.86. The van der Waals surface area contributed by atoms with E-state index in [1.165, 1.54) is 5.56 Å². The first kappa shape index (κ1) is 11.2. The molecule has 0 atom stereocenters. The highest BCUT2D eigenvalue weighted by Gasteiger charge is 2.03. The quantitative estimate of drug-likeness (QED) is 0.750. The van der Waals surface area contributed by atoms with Gasteiger partial charge in [0.25, 0.3) is 0 Å². The van der Waals surface area contributed by atoms with Crippen molar-refractivity contribution in [2.75, 3.05) is 6.61 Å². The Kier molecular flexibility index (Phi) is 4.99. The number of unbranched alkanes of at least 4 members (excludes halogenated alkanes) is 1.